The first kappa shape index (κ1) is 18.0. The van der Waals surface area contributed by atoms with Gasteiger partial charge in [0.05, 0.1) is 5.02 Å². The van der Waals surface area contributed by atoms with Crippen molar-refractivity contribution in [3.05, 3.63) is 76.5 Å². The van der Waals surface area contributed by atoms with Crippen molar-refractivity contribution in [1.29, 1.82) is 0 Å². The minimum Gasteiger partial charge on any atom is -0.484 e. The van der Waals surface area contributed by atoms with Crippen molar-refractivity contribution in [2.45, 2.75) is 27.0 Å². The fourth-order valence-electron chi connectivity index (χ4n) is 2.54. The van der Waals surface area contributed by atoms with Gasteiger partial charge in [0.2, 0.25) is 5.78 Å². The van der Waals surface area contributed by atoms with E-state index < -0.39 is 0 Å². The van der Waals surface area contributed by atoms with Crippen LogP contribution in [-0.2, 0) is 13.2 Å². The average molecular weight is 371 g/mol. The van der Waals surface area contributed by atoms with Crippen molar-refractivity contribution in [2.24, 2.45) is 0 Å². The van der Waals surface area contributed by atoms with Gasteiger partial charge in [-0.15, -0.1) is 0 Å². The Kier molecular flexibility index (Phi) is 5.58. The number of ether oxygens (including phenoxy) is 1. The van der Waals surface area contributed by atoms with E-state index in [1.807, 2.05) is 32.0 Å². The Morgan fingerprint density at radius 2 is 2.15 bits per heavy atom. The summed E-state index contributed by atoms with van der Waals surface area (Å²) < 4.78 is 13.1. The highest BCUT2D eigenvalue weighted by atomic mass is 35.5. The second-order valence-corrected chi connectivity index (χ2v) is 6.12. The zero-order chi connectivity index (χ0) is 18.5. The van der Waals surface area contributed by atoms with Gasteiger partial charge in [-0.2, -0.15) is 5.10 Å². The van der Waals surface area contributed by atoms with Gasteiger partial charge in [-0.25, -0.2) is 0 Å². The molecule has 0 aliphatic rings. The van der Waals surface area contributed by atoms with Crippen LogP contribution in [0.1, 0.15) is 34.5 Å². The summed E-state index contributed by atoms with van der Waals surface area (Å²) in [6.07, 6.45) is 4.73. The molecule has 6 heteroatoms. The lowest BCUT2D eigenvalue weighted by Crippen LogP contribution is -2.07. The quantitative estimate of drug-likeness (QED) is 0.437. The van der Waals surface area contributed by atoms with Gasteiger partial charge in [0.25, 0.3) is 0 Å². The number of para-hydroxylation sites is 1. The van der Waals surface area contributed by atoms with Crippen LogP contribution in [0, 0.1) is 6.92 Å². The fraction of sp³-hybridized carbons (Fsp3) is 0.200. The van der Waals surface area contributed by atoms with E-state index in [0.717, 1.165) is 5.56 Å². The Labute approximate surface area is 156 Å². The number of ketones is 1. The van der Waals surface area contributed by atoms with Gasteiger partial charge in [-0.3, -0.25) is 9.48 Å². The lowest BCUT2D eigenvalue weighted by molar-refractivity contribution is 0.103. The largest absolute Gasteiger partial charge is 0.484 e. The van der Waals surface area contributed by atoms with E-state index in [0.29, 0.717) is 34.5 Å². The number of hydrogen-bond acceptors (Lipinski definition) is 4. The molecular weight excluding hydrogens is 352 g/mol. The highest BCUT2D eigenvalue weighted by Crippen LogP contribution is 2.28. The smallest absolute Gasteiger partial charge is 0.203 e. The molecule has 0 saturated heterocycles. The molecule has 3 aromatic rings. The molecule has 0 fully saturated rings. The summed E-state index contributed by atoms with van der Waals surface area (Å²) in [5, 5.41) is 4.66. The normalized spacial score (nSPS) is 11.2. The van der Waals surface area contributed by atoms with E-state index >= 15 is 0 Å². The van der Waals surface area contributed by atoms with Crippen molar-refractivity contribution >= 4 is 23.5 Å². The Morgan fingerprint density at radius 3 is 2.92 bits per heavy atom. The van der Waals surface area contributed by atoms with E-state index in [1.54, 1.807) is 35.2 Å². The van der Waals surface area contributed by atoms with Crippen LogP contribution in [0.25, 0.3) is 6.08 Å². The summed E-state index contributed by atoms with van der Waals surface area (Å²) in [5.41, 5.74) is 1.51. The summed E-state index contributed by atoms with van der Waals surface area (Å²) in [6.45, 7) is 4.78. The molecule has 2 aromatic heterocycles. The summed E-state index contributed by atoms with van der Waals surface area (Å²) >= 11 is 6.15. The first-order valence-corrected chi connectivity index (χ1v) is 8.67. The second kappa shape index (κ2) is 8.06. The molecule has 2 heterocycles. The highest BCUT2D eigenvalue weighted by molar-refractivity contribution is 6.32. The molecule has 0 bridgehead atoms. The second-order valence-electron chi connectivity index (χ2n) is 5.71. The molecule has 0 saturated carbocycles. The molecule has 0 aliphatic heterocycles. The molecule has 0 N–H and O–H groups in total. The maximum atomic E-state index is 12.2. The third-order valence-electron chi connectivity index (χ3n) is 3.87. The van der Waals surface area contributed by atoms with E-state index in [9.17, 15) is 4.79 Å². The van der Waals surface area contributed by atoms with Gasteiger partial charge in [-0.05, 0) is 55.8 Å². The average Bonchev–Trinajstić information content (AvgIpc) is 3.28. The van der Waals surface area contributed by atoms with Gasteiger partial charge in [0, 0.05) is 12.7 Å². The predicted octanol–water partition coefficient (Wildman–Crippen LogP) is 4.93. The van der Waals surface area contributed by atoms with E-state index in [-0.39, 0.29) is 12.4 Å². The predicted molar refractivity (Wildman–Crippen MR) is 100 cm³/mol. The maximum Gasteiger partial charge on any atom is 0.203 e. The van der Waals surface area contributed by atoms with E-state index in [2.05, 4.69) is 5.10 Å². The number of nitrogens with zero attached hydrogens (tertiary/aromatic N) is 2. The SMILES string of the molecule is CCn1nccc1C(=O)/C=C/c1ccc(COc2c(C)cccc2Cl)o1. The first-order valence-electron chi connectivity index (χ1n) is 8.29. The van der Waals surface area contributed by atoms with Gasteiger partial charge < -0.3 is 9.15 Å². The van der Waals surface area contributed by atoms with Crippen LogP contribution in [-0.4, -0.2) is 15.6 Å². The number of carbonyl (C=O) groups excluding carboxylic acids is 1. The van der Waals surface area contributed by atoms with E-state index in [1.165, 1.54) is 6.08 Å². The topological polar surface area (TPSA) is 57.3 Å². The third kappa shape index (κ3) is 4.06. The van der Waals surface area contributed by atoms with Gasteiger partial charge >= 0.3 is 0 Å². The number of halogens is 1. The number of furan rings is 1. The number of allylic oxidation sites excluding steroid dienone is 1. The minimum atomic E-state index is -0.120. The highest BCUT2D eigenvalue weighted by Gasteiger charge is 2.09. The van der Waals surface area contributed by atoms with Crippen molar-refractivity contribution < 1.29 is 13.9 Å². The molecule has 0 unspecified atom stereocenters. The van der Waals surface area contributed by atoms with Crippen LogP contribution in [0.3, 0.4) is 0 Å². The molecule has 0 radical (unpaired) electrons. The molecule has 0 amide bonds. The van der Waals surface area contributed by atoms with Crippen molar-refractivity contribution in [1.82, 2.24) is 9.78 Å². The molecular formula is C20H19ClN2O3. The number of aromatic nitrogens is 2. The van der Waals surface area contributed by atoms with Gasteiger partial charge in [-0.1, -0.05) is 23.7 Å². The zero-order valence-corrected chi connectivity index (χ0v) is 15.4. The molecule has 0 spiro atoms. The Bertz CT molecular complexity index is 920. The van der Waals surface area contributed by atoms with Crippen molar-refractivity contribution in [2.75, 3.05) is 0 Å². The van der Waals surface area contributed by atoms with Crippen LogP contribution in [0.2, 0.25) is 5.02 Å². The number of carbonyl (C=O) groups is 1. The lowest BCUT2D eigenvalue weighted by Gasteiger charge is -2.09. The van der Waals surface area contributed by atoms with Gasteiger partial charge in [0.15, 0.2) is 0 Å². The monoisotopic (exact) mass is 370 g/mol. The standard InChI is InChI=1S/C20H19ClN2O3/c1-3-23-18(11-12-22-23)19(24)10-9-15-7-8-16(26-15)13-25-20-14(2)5-4-6-17(20)21/h4-12H,3,13H2,1-2H3/b10-9+. The molecule has 3 rings (SSSR count). The Morgan fingerprint density at radius 1 is 1.31 bits per heavy atom. The summed E-state index contributed by atoms with van der Waals surface area (Å²) in [4.78, 5) is 12.2. The fourth-order valence-corrected chi connectivity index (χ4v) is 2.82. The van der Waals surface area contributed by atoms with Crippen LogP contribution < -0.4 is 4.74 Å². The molecule has 1 aromatic carbocycles. The van der Waals surface area contributed by atoms with Crippen LogP contribution in [0.4, 0.5) is 0 Å². The summed E-state index contributed by atoms with van der Waals surface area (Å²) in [5.74, 6) is 1.75. The van der Waals surface area contributed by atoms with Crippen LogP contribution >= 0.6 is 11.6 Å². The molecule has 0 aliphatic carbocycles. The zero-order valence-electron chi connectivity index (χ0n) is 14.6. The van der Waals surface area contributed by atoms with Crippen LogP contribution in [0.15, 0.2) is 53.1 Å². The van der Waals surface area contributed by atoms with Crippen molar-refractivity contribution in [3.63, 3.8) is 0 Å². The number of hydrogen-bond donors (Lipinski definition) is 0. The number of aryl methyl sites for hydroxylation is 2. The van der Waals surface area contributed by atoms with Crippen molar-refractivity contribution in [3.8, 4) is 5.75 Å². The van der Waals surface area contributed by atoms with E-state index in [4.69, 9.17) is 20.8 Å². The first-order chi connectivity index (χ1) is 12.6. The summed E-state index contributed by atoms with van der Waals surface area (Å²) in [6, 6.07) is 10.9. The molecule has 134 valence electrons. The summed E-state index contributed by atoms with van der Waals surface area (Å²) in [7, 11) is 0. The lowest BCUT2D eigenvalue weighted by atomic mass is 10.2. The molecule has 5 nitrogen and oxygen atoms in total. The number of benzene rings is 1. The maximum absolute atomic E-state index is 12.2. The van der Waals surface area contributed by atoms with Gasteiger partial charge in [0.1, 0.15) is 29.6 Å². The Balaban J connectivity index is 1.64. The Hall–Kier alpha value is -2.79. The minimum absolute atomic E-state index is 0.120. The molecule has 26 heavy (non-hydrogen) atoms. The number of rotatable bonds is 7. The third-order valence-corrected chi connectivity index (χ3v) is 4.17. The van der Waals surface area contributed by atoms with Crippen LogP contribution in [0.5, 0.6) is 5.75 Å². The molecule has 0 atom stereocenters.